The van der Waals surface area contributed by atoms with E-state index in [1.807, 2.05) is 42.5 Å². The van der Waals surface area contributed by atoms with Crippen LogP contribution in [0.2, 0.25) is 0 Å². The van der Waals surface area contributed by atoms with Crippen LogP contribution in [0.4, 0.5) is 5.69 Å². The molecular formula is C18H19N5O2. The summed E-state index contributed by atoms with van der Waals surface area (Å²) in [6.07, 6.45) is 4.34. The van der Waals surface area contributed by atoms with Crippen molar-refractivity contribution in [2.45, 2.75) is 18.9 Å². The first-order valence-electron chi connectivity index (χ1n) is 8.03. The molecule has 2 heterocycles. The highest BCUT2D eigenvalue weighted by Gasteiger charge is 2.34. The van der Waals surface area contributed by atoms with Crippen molar-refractivity contribution >= 4 is 23.2 Å². The van der Waals surface area contributed by atoms with Gasteiger partial charge in [-0.15, -0.1) is 0 Å². The second-order valence-corrected chi connectivity index (χ2v) is 5.72. The van der Waals surface area contributed by atoms with E-state index in [1.54, 1.807) is 12.4 Å². The molecule has 1 aromatic heterocycles. The third kappa shape index (κ3) is 4.00. The van der Waals surface area contributed by atoms with Crippen molar-refractivity contribution in [2.24, 2.45) is 10.8 Å². The van der Waals surface area contributed by atoms with Gasteiger partial charge in [0.05, 0.1) is 5.69 Å². The number of primary amides is 1. The molecule has 0 saturated carbocycles. The molecule has 2 aromatic rings. The Hall–Kier alpha value is -3.22. The molecule has 1 aromatic carbocycles. The second kappa shape index (κ2) is 7.57. The van der Waals surface area contributed by atoms with Crippen LogP contribution in [-0.2, 0) is 16.0 Å². The molecule has 25 heavy (non-hydrogen) atoms. The summed E-state index contributed by atoms with van der Waals surface area (Å²) in [7, 11) is 0. The third-order valence-electron chi connectivity index (χ3n) is 3.94. The Bertz CT molecular complexity index is 777. The van der Waals surface area contributed by atoms with Gasteiger partial charge in [-0.3, -0.25) is 19.6 Å². The molecule has 128 valence electrons. The molecule has 2 amide bonds. The molecule has 0 spiro atoms. The standard InChI is InChI=1S/C18H19N5O2/c19-17(24)16-11-15(22-23(16)14-6-2-1-3-7-14)18(25)21-10-8-13-5-4-9-20-12-13/h1-7,9,12,16H,8,10-11H2,(H2,19,24)(H,21,25). The monoisotopic (exact) mass is 337 g/mol. The fraction of sp³-hybridized carbons (Fsp3) is 0.222. The summed E-state index contributed by atoms with van der Waals surface area (Å²) in [6, 6.07) is 12.4. The first kappa shape index (κ1) is 16.6. The van der Waals surface area contributed by atoms with Crippen molar-refractivity contribution in [1.29, 1.82) is 0 Å². The van der Waals surface area contributed by atoms with Gasteiger partial charge in [-0.25, -0.2) is 0 Å². The molecule has 1 atom stereocenters. The zero-order valence-corrected chi connectivity index (χ0v) is 13.6. The highest BCUT2D eigenvalue weighted by atomic mass is 16.2. The Balaban J connectivity index is 1.65. The number of amides is 2. The molecule has 0 radical (unpaired) electrons. The number of nitrogens with two attached hydrogens (primary N) is 1. The number of aromatic nitrogens is 1. The number of carbonyl (C=O) groups is 2. The predicted molar refractivity (Wildman–Crippen MR) is 94.9 cm³/mol. The van der Waals surface area contributed by atoms with Crippen molar-refractivity contribution in [3.05, 3.63) is 60.4 Å². The minimum atomic E-state index is -0.651. The molecule has 1 aliphatic rings. The van der Waals surface area contributed by atoms with Gasteiger partial charge in [-0.05, 0) is 30.2 Å². The number of hydrogen-bond acceptors (Lipinski definition) is 5. The van der Waals surface area contributed by atoms with Crippen LogP contribution in [0.25, 0.3) is 0 Å². The molecule has 1 unspecified atom stereocenters. The van der Waals surface area contributed by atoms with Gasteiger partial charge >= 0.3 is 0 Å². The maximum atomic E-state index is 12.3. The first-order chi connectivity index (χ1) is 12.1. The van der Waals surface area contributed by atoms with Crippen LogP contribution in [0.3, 0.4) is 0 Å². The van der Waals surface area contributed by atoms with E-state index in [0.717, 1.165) is 11.3 Å². The van der Waals surface area contributed by atoms with Crippen molar-refractivity contribution < 1.29 is 9.59 Å². The highest BCUT2D eigenvalue weighted by Crippen LogP contribution is 2.24. The predicted octanol–water partition coefficient (Wildman–Crippen LogP) is 0.861. The van der Waals surface area contributed by atoms with Crippen LogP contribution in [0.1, 0.15) is 12.0 Å². The Morgan fingerprint density at radius 1 is 1.20 bits per heavy atom. The van der Waals surface area contributed by atoms with Gasteiger partial charge in [-0.2, -0.15) is 5.10 Å². The fourth-order valence-corrected chi connectivity index (χ4v) is 2.66. The minimum Gasteiger partial charge on any atom is -0.368 e. The van der Waals surface area contributed by atoms with E-state index >= 15 is 0 Å². The number of hydrazone groups is 1. The average Bonchev–Trinajstić information content (AvgIpc) is 3.09. The summed E-state index contributed by atoms with van der Waals surface area (Å²) in [5, 5.41) is 8.65. The van der Waals surface area contributed by atoms with Crippen molar-refractivity contribution in [3.8, 4) is 0 Å². The molecule has 3 N–H and O–H groups in total. The normalized spacial score (nSPS) is 16.4. The van der Waals surface area contributed by atoms with Gasteiger partial charge in [0.15, 0.2) is 0 Å². The number of para-hydroxylation sites is 1. The first-order valence-corrected chi connectivity index (χ1v) is 8.03. The lowest BCUT2D eigenvalue weighted by Crippen LogP contribution is -2.40. The van der Waals surface area contributed by atoms with E-state index in [9.17, 15) is 9.59 Å². The van der Waals surface area contributed by atoms with Crippen LogP contribution in [0, 0.1) is 0 Å². The summed E-state index contributed by atoms with van der Waals surface area (Å²) in [4.78, 5) is 28.1. The number of carbonyl (C=O) groups excluding carboxylic acids is 2. The van der Waals surface area contributed by atoms with Crippen LogP contribution in [-0.4, -0.2) is 35.1 Å². The fourth-order valence-electron chi connectivity index (χ4n) is 2.66. The third-order valence-corrected chi connectivity index (χ3v) is 3.94. The lowest BCUT2D eigenvalue weighted by molar-refractivity contribution is -0.119. The number of rotatable bonds is 6. The quantitative estimate of drug-likeness (QED) is 0.816. The number of anilines is 1. The Morgan fingerprint density at radius 2 is 2.00 bits per heavy atom. The molecule has 0 bridgehead atoms. The number of hydrogen-bond donors (Lipinski definition) is 2. The number of pyridine rings is 1. The van der Waals surface area contributed by atoms with E-state index in [2.05, 4.69) is 15.4 Å². The van der Waals surface area contributed by atoms with Crippen molar-refractivity contribution in [2.75, 3.05) is 11.6 Å². The SMILES string of the molecule is NC(=O)C1CC(C(=O)NCCc2cccnc2)=NN1c1ccccc1. The summed E-state index contributed by atoms with van der Waals surface area (Å²) < 4.78 is 0. The van der Waals surface area contributed by atoms with E-state index in [-0.39, 0.29) is 12.3 Å². The van der Waals surface area contributed by atoms with Crippen LogP contribution >= 0.6 is 0 Å². The maximum Gasteiger partial charge on any atom is 0.267 e. The van der Waals surface area contributed by atoms with Gasteiger partial charge in [0.1, 0.15) is 11.8 Å². The van der Waals surface area contributed by atoms with Gasteiger partial charge in [-0.1, -0.05) is 24.3 Å². The summed E-state index contributed by atoms with van der Waals surface area (Å²) in [6.45, 7) is 0.468. The zero-order valence-electron chi connectivity index (χ0n) is 13.6. The van der Waals surface area contributed by atoms with Crippen LogP contribution in [0.15, 0.2) is 60.0 Å². The average molecular weight is 337 g/mol. The second-order valence-electron chi connectivity index (χ2n) is 5.72. The minimum absolute atomic E-state index is 0.197. The molecule has 0 aliphatic carbocycles. The Morgan fingerprint density at radius 3 is 2.68 bits per heavy atom. The molecule has 1 aliphatic heterocycles. The molecule has 7 heteroatoms. The number of nitrogens with zero attached hydrogens (tertiary/aromatic N) is 3. The molecular weight excluding hydrogens is 318 g/mol. The molecule has 7 nitrogen and oxygen atoms in total. The van der Waals surface area contributed by atoms with Crippen LogP contribution in [0.5, 0.6) is 0 Å². The van der Waals surface area contributed by atoms with Gasteiger partial charge in [0.2, 0.25) is 5.91 Å². The van der Waals surface area contributed by atoms with E-state index in [0.29, 0.717) is 18.7 Å². The lowest BCUT2D eigenvalue weighted by atomic mass is 10.1. The summed E-state index contributed by atoms with van der Waals surface area (Å²) >= 11 is 0. The molecule has 3 rings (SSSR count). The Kier molecular flexibility index (Phi) is 5.03. The smallest absolute Gasteiger partial charge is 0.267 e. The van der Waals surface area contributed by atoms with Crippen LogP contribution < -0.4 is 16.1 Å². The maximum absolute atomic E-state index is 12.3. The van der Waals surface area contributed by atoms with Crippen molar-refractivity contribution in [3.63, 3.8) is 0 Å². The number of nitrogens with one attached hydrogen (secondary N) is 1. The van der Waals surface area contributed by atoms with Crippen molar-refractivity contribution in [1.82, 2.24) is 10.3 Å². The summed E-state index contributed by atoms with van der Waals surface area (Å²) in [5.41, 5.74) is 7.54. The molecule has 0 saturated heterocycles. The zero-order chi connectivity index (χ0) is 17.6. The van der Waals surface area contributed by atoms with E-state index in [1.165, 1.54) is 5.01 Å². The Labute approximate surface area is 145 Å². The summed E-state index contributed by atoms with van der Waals surface area (Å²) in [5.74, 6) is -0.792. The number of benzene rings is 1. The highest BCUT2D eigenvalue weighted by molar-refractivity contribution is 6.40. The largest absolute Gasteiger partial charge is 0.368 e. The van der Waals surface area contributed by atoms with Gasteiger partial charge in [0.25, 0.3) is 5.91 Å². The van der Waals surface area contributed by atoms with Gasteiger partial charge in [0, 0.05) is 25.4 Å². The molecule has 0 fully saturated rings. The van der Waals surface area contributed by atoms with E-state index < -0.39 is 11.9 Å². The van der Waals surface area contributed by atoms with E-state index in [4.69, 9.17) is 5.73 Å². The topological polar surface area (TPSA) is 101 Å². The van der Waals surface area contributed by atoms with Gasteiger partial charge < -0.3 is 11.1 Å². The lowest BCUT2D eigenvalue weighted by Gasteiger charge is -2.20.